The molecule has 0 aliphatic carbocycles. The van der Waals surface area contributed by atoms with Crippen LogP contribution in [0.1, 0.15) is 40.0 Å². The summed E-state index contributed by atoms with van der Waals surface area (Å²) in [5.41, 5.74) is 8.80. The van der Waals surface area contributed by atoms with Gasteiger partial charge in [0.1, 0.15) is 16.8 Å². The number of amides is 1. The minimum absolute atomic E-state index is 0.0196. The zero-order valence-corrected chi connectivity index (χ0v) is 17.5. The Labute approximate surface area is 182 Å². The molecule has 0 saturated carbocycles. The third kappa shape index (κ3) is 3.40. The van der Waals surface area contributed by atoms with Crippen LogP contribution in [0.2, 0.25) is 5.15 Å². The van der Waals surface area contributed by atoms with Crippen molar-refractivity contribution < 1.29 is 18.7 Å². The predicted octanol–water partition coefficient (Wildman–Crippen LogP) is 3.64. The van der Waals surface area contributed by atoms with Gasteiger partial charge < -0.3 is 20.1 Å². The second kappa shape index (κ2) is 7.71. The number of anilines is 1. The molecule has 2 aromatic heterocycles. The zero-order valence-electron chi connectivity index (χ0n) is 16.8. The van der Waals surface area contributed by atoms with Gasteiger partial charge in [0.15, 0.2) is 0 Å². The number of morpholine rings is 1. The first-order valence-corrected chi connectivity index (χ1v) is 10.3. The van der Waals surface area contributed by atoms with Crippen molar-refractivity contribution in [2.24, 2.45) is 0 Å². The van der Waals surface area contributed by atoms with Crippen LogP contribution in [0.15, 0.2) is 30.5 Å². The Bertz CT molecular complexity index is 1190. The Hall–Kier alpha value is -2.81. The second-order valence-corrected chi connectivity index (χ2v) is 8.21. The van der Waals surface area contributed by atoms with Gasteiger partial charge in [-0.2, -0.15) is 0 Å². The monoisotopic (exact) mass is 442 g/mol. The van der Waals surface area contributed by atoms with E-state index >= 15 is 4.39 Å². The van der Waals surface area contributed by atoms with Crippen LogP contribution in [0.5, 0.6) is 0 Å². The van der Waals surface area contributed by atoms with Crippen molar-refractivity contribution in [3.63, 3.8) is 0 Å². The Balaban J connectivity index is 1.59. The lowest BCUT2D eigenvalue weighted by molar-refractivity contribution is -0.0318. The van der Waals surface area contributed by atoms with Gasteiger partial charge in [-0.25, -0.2) is 14.4 Å². The Morgan fingerprint density at radius 3 is 2.81 bits per heavy atom. The number of carbonyl (C=O) groups is 1. The largest absolute Gasteiger partial charge is 0.383 e. The molecular weight excluding hydrogens is 423 g/mol. The van der Waals surface area contributed by atoms with Crippen LogP contribution in [0.25, 0.3) is 10.9 Å². The fraction of sp³-hybridized carbons (Fsp3) is 0.318. The van der Waals surface area contributed by atoms with Crippen LogP contribution in [0.3, 0.4) is 0 Å². The summed E-state index contributed by atoms with van der Waals surface area (Å²) in [5, 5.41) is 1.03. The van der Waals surface area contributed by atoms with Crippen LogP contribution in [0, 0.1) is 5.82 Å². The molecule has 0 bridgehead atoms. The van der Waals surface area contributed by atoms with E-state index in [-0.39, 0.29) is 18.2 Å². The number of carbonyl (C=O) groups excluding carboxylic acids is 1. The molecule has 2 N–H and O–H groups in total. The van der Waals surface area contributed by atoms with Crippen molar-refractivity contribution in [2.75, 3.05) is 18.9 Å². The molecule has 0 radical (unpaired) electrons. The van der Waals surface area contributed by atoms with E-state index in [4.69, 9.17) is 26.8 Å². The van der Waals surface area contributed by atoms with Crippen molar-refractivity contribution in [3.05, 3.63) is 63.7 Å². The summed E-state index contributed by atoms with van der Waals surface area (Å²) in [4.78, 5) is 23.7. The molecule has 0 spiro atoms. The minimum atomic E-state index is -0.644. The van der Waals surface area contributed by atoms with Crippen LogP contribution in [0.4, 0.5) is 10.2 Å². The number of nitrogen functional groups attached to an aromatic ring is 1. The molecule has 2 atom stereocenters. The maximum Gasteiger partial charge on any atom is 0.257 e. The molecule has 1 fully saturated rings. The first-order valence-electron chi connectivity index (χ1n) is 9.94. The van der Waals surface area contributed by atoms with Gasteiger partial charge in [0.25, 0.3) is 5.91 Å². The van der Waals surface area contributed by atoms with E-state index in [0.29, 0.717) is 41.7 Å². The number of nitrogens with two attached hydrogens (primary N) is 1. The van der Waals surface area contributed by atoms with E-state index < -0.39 is 17.8 Å². The number of benzene rings is 1. The molecule has 31 heavy (non-hydrogen) atoms. The number of fused-ring (bicyclic) bond motifs is 3. The molecule has 160 valence electrons. The van der Waals surface area contributed by atoms with E-state index in [9.17, 15) is 4.79 Å². The van der Waals surface area contributed by atoms with Gasteiger partial charge in [0.2, 0.25) is 0 Å². The maximum atomic E-state index is 15.1. The number of hydrogen-bond acceptors (Lipinski definition) is 6. The van der Waals surface area contributed by atoms with Gasteiger partial charge in [-0.3, -0.25) is 4.79 Å². The van der Waals surface area contributed by atoms with Crippen molar-refractivity contribution >= 4 is 34.2 Å². The highest BCUT2D eigenvalue weighted by atomic mass is 35.5. The molecule has 2 aliphatic heterocycles. The van der Waals surface area contributed by atoms with E-state index in [0.717, 1.165) is 16.7 Å². The number of rotatable bonds is 2. The molecule has 9 heteroatoms. The number of nitrogens with zero attached hydrogens (tertiary/aromatic N) is 3. The third-order valence-electron chi connectivity index (χ3n) is 5.86. The van der Waals surface area contributed by atoms with Crippen LogP contribution in [-0.4, -0.2) is 40.0 Å². The lowest BCUT2D eigenvalue weighted by Crippen LogP contribution is -2.49. The van der Waals surface area contributed by atoms with Crippen LogP contribution in [-0.2, 0) is 22.7 Å². The number of hydrogen-bond donors (Lipinski definition) is 1. The first kappa shape index (κ1) is 20.1. The van der Waals surface area contributed by atoms with Gasteiger partial charge in [-0.05, 0) is 30.2 Å². The summed E-state index contributed by atoms with van der Waals surface area (Å²) in [6.45, 7) is 3.23. The molecule has 5 rings (SSSR count). The standard InChI is InChI=1S/C22H20ClFN4O3/c1-11-7-30-10-19(12-2-3-20(23)26-6-12)28(11)22(29)14-4-13-15-8-31-9-16(15)21(25)27-18(13)5-17(14)24/h2-6,11,19H,7-10H2,1H3,(H2,25,27)/t11-,19-/m0/s1. The van der Waals surface area contributed by atoms with Crippen molar-refractivity contribution in [3.8, 4) is 0 Å². The number of pyridine rings is 2. The summed E-state index contributed by atoms with van der Waals surface area (Å²) in [6.07, 6.45) is 1.61. The molecule has 4 heterocycles. The third-order valence-corrected chi connectivity index (χ3v) is 6.09. The summed E-state index contributed by atoms with van der Waals surface area (Å²) < 4.78 is 26.3. The second-order valence-electron chi connectivity index (χ2n) is 7.83. The summed E-state index contributed by atoms with van der Waals surface area (Å²) >= 11 is 5.91. The molecular formula is C22H20ClFN4O3. The molecule has 1 aromatic carbocycles. The first-order chi connectivity index (χ1) is 14.9. The van der Waals surface area contributed by atoms with Crippen LogP contribution < -0.4 is 5.73 Å². The highest BCUT2D eigenvalue weighted by molar-refractivity contribution is 6.29. The van der Waals surface area contributed by atoms with Crippen molar-refractivity contribution in [1.82, 2.24) is 14.9 Å². The van der Waals surface area contributed by atoms with Gasteiger partial charge in [-0.15, -0.1) is 0 Å². The average Bonchev–Trinajstić information content (AvgIpc) is 3.24. The fourth-order valence-electron chi connectivity index (χ4n) is 4.30. The van der Waals surface area contributed by atoms with Gasteiger partial charge in [0, 0.05) is 23.2 Å². The van der Waals surface area contributed by atoms with E-state index in [1.807, 2.05) is 6.92 Å². The highest BCUT2D eigenvalue weighted by Crippen LogP contribution is 2.34. The lowest BCUT2D eigenvalue weighted by atomic mass is 9.99. The summed E-state index contributed by atoms with van der Waals surface area (Å²) in [6, 6.07) is 5.63. The normalized spacial score (nSPS) is 20.8. The van der Waals surface area contributed by atoms with Crippen molar-refractivity contribution in [1.29, 1.82) is 0 Å². The zero-order chi connectivity index (χ0) is 21.7. The maximum absolute atomic E-state index is 15.1. The van der Waals surface area contributed by atoms with E-state index in [1.165, 1.54) is 6.07 Å². The molecule has 1 saturated heterocycles. The molecule has 1 amide bonds. The van der Waals surface area contributed by atoms with E-state index in [1.54, 1.807) is 29.3 Å². The predicted molar refractivity (Wildman–Crippen MR) is 113 cm³/mol. The fourth-order valence-corrected chi connectivity index (χ4v) is 4.41. The molecule has 0 unspecified atom stereocenters. The summed E-state index contributed by atoms with van der Waals surface area (Å²) in [5.74, 6) is -0.731. The molecule has 7 nitrogen and oxygen atoms in total. The molecule has 3 aromatic rings. The van der Waals surface area contributed by atoms with Gasteiger partial charge >= 0.3 is 0 Å². The number of halogens is 2. The Morgan fingerprint density at radius 1 is 1.23 bits per heavy atom. The highest BCUT2D eigenvalue weighted by Gasteiger charge is 2.36. The Kier molecular flexibility index (Phi) is 5.00. The van der Waals surface area contributed by atoms with Crippen LogP contribution >= 0.6 is 11.6 Å². The van der Waals surface area contributed by atoms with E-state index in [2.05, 4.69) is 9.97 Å². The number of ether oxygens (including phenoxy) is 2. The smallest absolute Gasteiger partial charge is 0.257 e. The molecule has 2 aliphatic rings. The Morgan fingerprint density at radius 2 is 2.03 bits per heavy atom. The average molecular weight is 443 g/mol. The quantitative estimate of drug-likeness (QED) is 0.609. The minimum Gasteiger partial charge on any atom is -0.383 e. The lowest BCUT2D eigenvalue weighted by Gasteiger charge is -2.40. The SMILES string of the molecule is C[C@H]1COC[C@@H](c2ccc(Cl)nc2)N1C(=O)c1cc2c3c(c(N)nc2cc1F)COC3. The van der Waals surface area contributed by atoms with Gasteiger partial charge in [0.05, 0.1) is 49.6 Å². The van der Waals surface area contributed by atoms with Crippen molar-refractivity contribution in [2.45, 2.75) is 32.2 Å². The topological polar surface area (TPSA) is 90.6 Å². The number of aromatic nitrogens is 2. The van der Waals surface area contributed by atoms with Gasteiger partial charge in [-0.1, -0.05) is 17.7 Å². The summed E-state index contributed by atoms with van der Waals surface area (Å²) in [7, 11) is 0.